The molecule has 0 saturated heterocycles. The largest absolute Gasteiger partial charge is 0.385 e. The van der Waals surface area contributed by atoms with Crippen molar-refractivity contribution in [2.45, 2.75) is 45.6 Å². The van der Waals surface area contributed by atoms with Gasteiger partial charge in [0.1, 0.15) is 5.78 Å². The third-order valence-electron chi connectivity index (χ3n) is 4.23. The minimum absolute atomic E-state index is 0.136. The van der Waals surface area contributed by atoms with E-state index in [4.69, 9.17) is 0 Å². The van der Waals surface area contributed by atoms with E-state index in [0.29, 0.717) is 6.42 Å². The van der Waals surface area contributed by atoms with Crippen molar-refractivity contribution in [2.24, 2.45) is 11.3 Å². The van der Waals surface area contributed by atoms with Crippen LogP contribution in [0.5, 0.6) is 0 Å². The topological polar surface area (TPSA) is 37.3 Å². The molecule has 0 aliphatic heterocycles. The highest BCUT2D eigenvalue weighted by molar-refractivity contribution is 5.83. The molecule has 1 aliphatic rings. The normalized spacial score (nSPS) is 26.7. The van der Waals surface area contributed by atoms with Crippen LogP contribution in [0.25, 0.3) is 0 Å². The summed E-state index contributed by atoms with van der Waals surface area (Å²) in [5.41, 5.74) is -0.0889. The standard InChI is InChI=1S/C16H22O2/c1-15(2)10-9-14(17)13(11-15)16(3,18)12-7-5-4-6-8-12/h4-8,13,18H,9-11H2,1-3H3/t13-,16-/m1/s1. The number of Topliss-reactive ketones (excluding diaryl/α,β-unsaturated/α-hetero) is 1. The van der Waals surface area contributed by atoms with Crippen LogP contribution in [0.15, 0.2) is 30.3 Å². The summed E-state index contributed by atoms with van der Waals surface area (Å²) in [6.45, 7) is 6.12. The lowest BCUT2D eigenvalue weighted by Gasteiger charge is -2.41. The fourth-order valence-corrected chi connectivity index (χ4v) is 2.89. The molecule has 98 valence electrons. The van der Waals surface area contributed by atoms with Crippen molar-refractivity contribution in [1.29, 1.82) is 0 Å². The number of ketones is 1. The number of hydrogen-bond donors (Lipinski definition) is 1. The molecular weight excluding hydrogens is 224 g/mol. The SMILES string of the molecule is CC1(C)CCC(=O)[C@H]([C@](C)(O)c2ccccc2)C1. The van der Waals surface area contributed by atoms with Gasteiger partial charge in [-0.25, -0.2) is 0 Å². The highest BCUT2D eigenvalue weighted by Gasteiger charge is 2.44. The second-order valence-corrected chi connectivity index (χ2v) is 6.40. The zero-order valence-corrected chi connectivity index (χ0v) is 11.4. The van der Waals surface area contributed by atoms with E-state index in [9.17, 15) is 9.90 Å². The van der Waals surface area contributed by atoms with E-state index in [1.54, 1.807) is 6.92 Å². The first-order valence-corrected chi connectivity index (χ1v) is 6.63. The molecule has 2 rings (SSSR count). The Morgan fingerprint density at radius 1 is 1.28 bits per heavy atom. The fourth-order valence-electron chi connectivity index (χ4n) is 2.89. The van der Waals surface area contributed by atoms with Crippen LogP contribution < -0.4 is 0 Å². The summed E-state index contributed by atoms with van der Waals surface area (Å²) >= 11 is 0. The Labute approximate surface area is 109 Å². The molecule has 0 aromatic heterocycles. The summed E-state index contributed by atoms with van der Waals surface area (Å²) in [5, 5.41) is 10.8. The third kappa shape index (κ3) is 2.49. The number of hydrogen-bond acceptors (Lipinski definition) is 2. The highest BCUT2D eigenvalue weighted by atomic mass is 16.3. The summed E-state index contributed by atoms with van der Waals surface area (Å²) in [7, 11) is 0. The van der Waals surface area contributed by atoms with Crippen LogP contribution in [-0.2, 0) is 10.4 Å². The summed E-state index contributed by atoms with van der Waals surface area (Å²) in [6, 6.07) is 9.53. The molecule has 2 nitrogen and oxygen atoms in total. The van der Waals surface area contributed by atoms with Crippen LogP contribution in [0, 0.1) is 11.3 Å². The summed E-state index contributed by atoms with van der Waals surface area (Å²) in [5.74, 6) is -0.0909. The number of aliphatic hydroxyl groups is 1. The molecule has 1 aliphatic carbocycles. The number of rotatable bonds is 2. The van der Waals surface area contributed by atoms with Crippen LogP contribution in [0.3, 0.4) is 0 Å². The molecule has 2 heteroatoms. The lowest BCUT2D eigenvalue weighted by Crippen LogP contribution is -2.43. The Kier molecular flexibility index (Phi) is 3.33. The molecule has 0 radical (unpaired) electrons. The van der Waals surface area contributed by atoms with Crippen molar-refractivity contribution >= 4 is 5.78 Å². The minimum atomic E-state index is -1.06. The van der Waals surface area contributed by atoms with Crippen molar-refractivity contribution in [2.75, 3.05) is 0 Å². The van der Waals surface area contributed by atoms with E-state index < -0.39 is 5.60 Å². The molecule has 1 saturated carbocycles. The Bertz CT molecular complexity index is 432. The Morgan fingerprint density at radius 3 is 2.50 bits per heavy atom. The highest BCUT2D eigenvalue weighted by Crippen LogP contribution is 2.44. The first-order chi connectivity index (χ1) is 8.33. The smallest absolute Gasteiger partial charge is 0.139 e. The van der Waals surface area contributed by atoms with Crippen molar-refractivity contribution in [3.63, 3.8) is 0 Å². The van der Waals surface area contributed by atoms with E-state index in [1.165, 1.54) is 0 Å². The number of carbonyl (C=O) groups is 1. The first-order valence-electron chi connectivity index (χ1n) is 6.63. The van der Waals surface area contributed by atoms with Crippen molar-refractivity contribution in [1.82, 2.24) is 0 Å². The van der Waals surface area contributed by atoms with Gasteiger partial charge in [-0.15, -0.1) is 0 Å². The quantitative estimate of drug-likeness (QED) is 0.869. The first kappa shape index (κ1) is 13.3. The summed E-state index contributed by atoms with van der Waals surface area (Å²) < 4.78 is 0. The molecule has 0 spiro atoms. The molecule has 2 atom stereocenters. The predicted molar refractivity (Wildman–Crippen MR) is 72.1 cm³/mol. The average Bonchev–Trinajstić information content (AvgIpc) is 2.33. The van der Waals surface area contributed by atoms with Crippen LogP contribution in [-0.4, -0.2) is 10.9 Å². The molecule has 0 unspecified atom stereocenters. The van der Waals surface area contributed by atoms with Gasteiger partial charge in [0, 0.05) is 6.42 Å². The van der Waals surface area contributed by atoms with Crippen molar-refractivity contribution < 1.29 is 9.90 Å². The van der Waals surface area contributed by atoms with E-state index in [1.807, 2.05) is 30.3 Å². The molecule has 1 aromatic carbocycles. The maximum atomic E-state index is 12.1. The molecule has 1 N–H and O–H groups in total. The average molecular weight is 246 g/mol. The summed E-state index contributed by atoms with van der Waals surface area (Å²) in [4.78, 5) is 12.1. The number of carbonyl (C=O) groups excluding carboxylic acids is 1. The van der Waals surface area contributed by atoms with Gasteiger partial charge in [-0.2, -0.15) is 0 Å². The van der Waals surface area contributed by atoms with Gasteiger partial charge in [0.2, 0.25) is 0 Å². The van der Waals surface area contributed by atoms with Gasteiger partial charge >= 0.3 is 0 Å². The van der Waals surface area contributed by atoms with Gasteiger partial charge in [0.15, 0.2) is 0 Å². The summed E-state index contributed by atoms with van der Waals surface area (Å²) in [6.07, 6.45) is 2.27. The molecule has 18 heavy (non-hydrogen) atoms. The second kappa shape index (κ2) is 4.51. The molecule has 0 bridgehead atoms. The van der Waals surface area contributed by atoms with Crippen LogP contribution >= 0.6 is 0 Å². The van der Waals surface area contributed by atoms with E-state index in [2.05, 4.69) is 13.8 Å². The predicted octanol–water partition coefficient (Wildman–Crippen LogP) is 3.29. The molecule has 0 amide bonds. The van der Waals surface area contributed by atoms with Crippen molar-refractivity contribution in [3.05, 3.63) is 35.9 Å². The van der Waals surface area contributed by atoms with Crippen LogP contribution in [0.4, 0.5) is 0 Å². The van der Waals surface area contributed by atoms with Crippen LogP contribution in [0.2, 0.25) is 0 Å². The van der Waals surface area contributed by atoms with Gasteiger partial charge in [-0.1, -0.05) is 44.2 Å². The Hall–Kier alpha value is -1.15. The molecule has 1 fully saturated rings. The van der Waals surface area contributed by atoms with Crippen LogP contribution in [0.1, 0.15) is 45.6 Å². The second-order valence-electron chi connectivity index (χ2n) is 6.40. The monoisotopic (exact) mass is 246 g/mol. The number of benzene rings is 1. The van der Waals surface area contributed by atoms with Gasteiger partial charge in [0.05, 0.1) is 11.5 Å². The molecule has 1 aromatic rings. The van der Waals surface area contributed by atoms with E-state index in [-0.39, 0.29) is 17.1 Å². The van der Waals surface area contributed by atoms with Gasteiger partial charge in [0.25, 0.3) is 0 Å². The Balaban J connectivity index is 2.31. The lowest BCUT2D eigenvalue weighted by molar-refractivity contribution is -0.139. The maximum absolute atomic E-state index is 12.1. The van der Waals surface area contributed by atoms with Crippen molar-refractivity contribution in [3.8, 4) is 0 Å². The molecular formula is C16H22O2. The zero-order valence-electron chi connectivity index (χ0n) is 11.4. The maximum Gasteiger partial charge on any atom is 0.139 e. The van der Waals surface area contributed by atoms with E-state index >= 15 is 0 Å². The minimum Gasteiger partial charge on any atom is -0.385 e. The van der Waals surface area contributed by atoms with E-state index in [0.717, 1.165) is 18.4 Å². The van der Waals surface area contributed by atoms with Gasteiger partial charge < -0.3 is 5.11 Å². The van der Waals surface area contributed by atoms with Gasteiger partial charge in [-0.05, 0) is 30.7 Å². The van der Waals surface area contributed by atoms with Gasteiger partial charge in [-0.3, -0.25) is 4.79 Å². The lowest BCUT2D eigenvalue weighted by atomic mass is 9.65. The fraction of sp³-hybridized carbons (Fsp3) is 0.562. The Morgan fingerprint density at radius 2 is 1.89 bits per heavy atom. The zero-order chi connectivity index (χ0) is 13.4. The molecule has 0 heterocycles. The third-order valence-corrected chi connectivity index (χ3v) is 4.23.